The maximum atomic E-state index is 12.6. The topological polar surface area (TPSA) is 88.6 Å². The molecular formula is C21H25N3O4S. The van der Waals surface area contributed by atoms with Gasteiger partial charge in [0.25, 0.3) is 0 Å². The van der Waals surface area contributed by atoms with Crippen LogP contribution in [0.15, 0.2) is 35.7 Å². The molecule has 1 aromatic heterocycles. The average Bonchev–Trinajstić information content (AvgIpc) is 3.37. The first-order valence-corrected chi connectivity index (χ1v) is 10.6. The number of ether oxygens (including phenoxy) is 1. The predicted octanol–water partition coefficient (Wildman–Crippen LogP) is 3.57. The lowest BCUT2D eigenvalue weighted by atomic mass is 9.98. The Morgan fingerprint density at radius 2 is 1.90 bits per heavy atom. The second-order valence-electron chi connectivity index (χ2n) is 7.14. The molecule has 1 heterocycles. The minimum Gasteiger partial charge on any atom is -0.458 e. The lowest BCUT2D eigenvalue weighted by Crippen LogP contribution is -2.45. The Bertz CT molecular complexity index is 862. The van der Waals surface area contributed by atoms with Crippen LogP contribution in [0.2, 0.25) is 0 Å². The van der Waals surface area contributed by atoms with Gasteiger partial charge in [0.2, 0.25) is 11.8 Å². The van der Waals surface area contributed by atoms with E-state index in [9.17, 15) is 14.4 Å². The van der Waals surface area contributed by atoms with E-state index in [1.807, 2.05) is 30.3 Å². The minimum absolute atomic E-state index is 0.00132. The highest BCUT2D eigenvalue weighted by Gasteiger charge is 2.32. The minimum atomic E-state index is -0.619. The maximum Gasteiger partial charge on any atom is 0.329 e. The summed E-state index contributed by atoms with van der Waals surface area (Å²) in [6.45, 7) is 2.88. The maximum absolute atomic E-state index is 12.6. The molecule has 0 saturated heterocycles. The lowest BCUT2D eigenvalue weighted by molar-refractivity contribution is -0.150. The van der Waals surface area contributed by atoms with Gasteiger partial charge in [-0.15, -0.1) is 11.3 Å². The monoisotopic (exact) mass is 415 g/mol. The Morgan fingerprint density at radius 1 is 1.21 bits per heavy atom. The van der Waals surface area contributed by atoms with Crippen LogP contribution in [-0.2, 0) is 25.7 Å². The van der Waals surface area contributed by atoms with Crippen LogP contribution in [0, 0.1) is 5.92 Å². The van der Waals surface area contributed by atoms with Gasteiger partial charge in [0.15, 0.2) is 5.13 Å². The number of para-hydroxylation sites is 1. The summed E-state index contributed by atoms with van der Waals surface area (Å²) in [4.78, 5) is 42.2. The van der Waals surface area contributed by atoms with Gasteiger partial charge in [-0.2, -0.15) is 0 Å². The van der Waals surface area contributed by atoms with Crippen LogP contribution in [0.3, 0.4) is 0 Å². The fraction of sp³-hybridized carbons (Fsp3) is 0.429. The highest BCUT2D eigenvalue weighted by molar-refractivity contribution is 7.14. The molecule has 1 saturated carbocycles. The lowest BCUT2D eigenvalue weighted by Gasteiger charge is -2.22. The molecule has 154 valence electrons. The van der Waals surface area contributed by atoms with Gasteiger partial charge < -0.3 is 10.1 Å². The Labute approximate surface area is 174 Å². The summed E-state index contributed by atoms with van der Waals surface area (Å²) in [6, 6.07) is 8.64. The predicted molar refractivity (Wildman–Crippen MR) is 111 cm³/mol. The second-order valence-corrected chi connectivity index (χ2v) is 7.98. The number of hydrogen-bond donors (Lipinski definition) is 1. The summed E-state index contributed by atoms with van der Waals surface area (Å²) < 4.78 is 5.45. The van der Waals surface area contributed by atoms with Crippen molar-refractivity contribution in [3.05, 3.63) is 41.4 Å². The largest absolute Gasteiger partial charge is 0.458 e. The van der Waals surface area contributed by atoms with Crippen LogP contribution in [0.4, 0.5) is 10.8 Å². The zero-order valence-electron chi connectivity index (χ0n) is 16.6. The third-order valence-electron chi connectivity index (χ3n) is 4.91. The fourth-order valence-electron chi connectivity index (χ4n) is 3.58. The summed E-state index contributed by atoms with van der Waals surface area (Å²) in [5, 5.41) is 5.02. The van der Waals surface area contributed by atoms with E-state index in [-0.39, 0.29) is 24.3 Å². The highest BCUT2D eigenvalue weighted by atomic mass is 32.1. The number of benzene rings is 1. The summed E-state index contributed by atoms with van der Waals surface area (Å²) in [7, 11) is 0. The quantitative estimate of drug-likeness (QED) is 0.699. The van der Waals surface area contributed by atoms with Crippen LogP contribution >= 0.6 is 11.3 Å². The van der Waals surface area contributed by atoms with Crippen molar-refractivity contribution in [1.82, 2.24) is 10.3 Å². The second kappa shape index (κ2) is 9.65. The first-order chi connectivity index (χ1) is 14.0. The van der Waals surface area contributed by atoms with E-state index in [1.165, 1.54) is 30.1 Å². The van der Waals surface area contributed by atoms with Gasteiger partial charge in [-0.3, -0.25) is 14.5 Å². The number of anilines is 2. The van der Waals surface area contributed by atoms with Crippen LogP contribution in [-0.4, -0.2) is 28.8 Å². The Morgan fingerprint density at radius 3 is 2.52 bits per heavy atom. The van der Waals surface area contributed by atoms with Crippen LogP contribution in [0.25, 0.3) is 0 Å². The number of esters is 1. The van der Waals surface area contributed by atoms with E-state index in [0.29, 0.717) is 10.8 Å². The van der Waals surface area contributed by atoms with Crippen LogP contribution < -0.4 is 10.2 Å². The van der Waals surface area contributed by atoms with E-state index >= 15 is 0 Å². The van der Waals surface area contributed by atoms with Crippen molar-refractivity contribution in [1.29, 1.82) is 0 Å². The van der Waals surface area contributed by atoms with Crippen LogP contribution in [0.1, 0.15) is 45.2 Å². The Balaban J connectivity index is 1.66. The molecule has 1 unspecified atom stereocenters. The number of amides is 2. The molecule has 1 atom stereocenters. The van der Waals surface area contributed by atoms with Gasteiger partial charge in [-0.05, 0) is 30.9 Å². The third-order valence-corrected chi connectivity index (χ3v) is 5.78. The van der Waals surface area contributed by atoms with Gasteiger partial charge in [-0.1, -0.05) is 31.0 Å². The molecule has 1 fully saturated rings. The number of nitrogens with one attached hydrogen (secondary N) is 1. The van der Waals surface area contributed by atoms with Crippen molar-refractivity contribution in [2.24, 2.45) is 5.92 Å². The number of carbonyl (C=O) groups excluding carboxylic acids is 3. The summed E-state index contributed by atoms with van der Waals surface area (Å²) in [5.41, 5.74) is 1.29. The third kappa shape index (κ3) is 5.41. The van der Waals surface area contributed by atoms with Crippen molar-refractivity contribution < 1.29 is 19.1 Å². The van der Waals surface area contributed by atoms with E-state index in [4.69, 9.17) is 4.74 Å². The molecule has 0 radical (unpaired) electrons. The van der Waals surface area contributed by atoms with Gasteiger partial charge in [-0.25, -0.2) is 9.78 Å². The Kier molecular flexibility index (Phi) is 6.98. The number of rotatable bonds is 7. The van der Waals surface area contributed by atoms with Crippen molar-refractivity contribution in [3.63, 3.8) is 0 Å². The molecular weight excluding hydrogens is 390 g/mol. The molecule has 1 aliphatic carbocycles. The molecule has 2 amide bonds. The molecule has 0 bridgehead atoms. The SMILES string of the molecule is CC(=O)NC(C(=O)OCc1csc(N(C(C)=O)c2ccccc2)n1)C1CCCC1. The molecule has 0 aliphatic heterocycles. The van der Waals surface area contributed by atoms with Crippen molar-refractivity contribution in [2.45, 2.75) is 52.2 Å². The van der Waals surface area contributed by atoms with Crippen LogP contribution in [0.5, 0.6) is 0 Å². The molecule has 2 aromatic rings. The first-order valence-electron chi connectivity index (χ1n) is 9.69. The Hall–Kier alpha value is -2.74. The van der Waals surface area contributed by atoms with E-state index in [0.717, 1.165) is 31.4 Å². The van der Waals surface area contributed by atoms with Gasteiger partial charge in [0.05, 0.1) is 11.4 Å². The van der Waals surface area contributed by atoms with Crippen molar-refractivity contribution >= 4 is 39.9 Å². The summed E-state index contributed by atoms with van der Waals surface area (Å²) in [5.74, 6) is -0.715. The number of thiazole rings is 1. The molecule has 29 heavy (non-hydrogen) atoms. The van der Waals surface area contributed by atoms with Crippen molar-refractivity contribution in [2.75, 3.05) is 4.90 Å². The fourth-order valence-corrected chi connectivity index (χ4v) is 4.45. The molecule has 1 aliphatic rings. The number of carbonyl (C=O) groups is 3. The van der Waals surface area contributed by atoms with Gasteiger partial charge in [0.1, 0.15) is 12.6 Å². The first kappa shape index (κ1) is 21.0. The number of aromatic nitrogens is 1. The van der Waals surface area contributed by atoms with E-state index in [2.05, 4.69) is 10.3 Å². The van der Waals surface area contributed by atoms with Crippen molar-refractivity contribution in [3.8, 4) is 0 Å². The normalized spacial score (nSPS) is 15.0. The molecule has 1 N–H and O–H groups in total. The number of nitrogens with zero attached hydrogens (tertiary/aromatic N) is 2. The van der Waals surface area contributed by atoms with E-state index in [1.54, 1.807) is 5.38 Å². The van der Waals surface area contributed by atoms with Gasteiger partial charge >= 0.3 is 5.97 Å². The summed E-state index contributed by atoms with van der Waals surface area (Å²) >= 11 is 1.31. The molecule has 3 rings (SSSR count). The highest BCUT2D eigenvalue weighted by Crippen LogP contribution is 2.30. The zero-order valence-corrected chi connectivity index (χ0v) is 17.4. The number of hydrogen-bond acceptors (Lipinski definition) is 6. The van der Waals surface area contributed by atoms with E-state index < -0.39 is 12.0 Å². The molecule has 1 aromatic carbocycles. The standard InChI is InChI=1S/C21H25N3O4S/c1-14(25)22-19(16-8-6-7-9-16)20(27)28-12-17-13-29-21(23-17)24(15(2)26)18-10-4-3-5-11-18/h3-5,10-11,13,16,19H,6-9,12H2,1-2H3,(H,22,25). The molecule has 0 spiro atoms. The zero-order chi connectivity index (χ0) is 20.8. The molecule has 8 heteroatoms. The average molecular weight is 416 g/mol. The van der Waals surface area contributed by atoms with Gasteiger partial charge in [0, 0.05) is 19.2 Å². The smallest absolute Gasteiger partial charge is 0.329 e. The summed E-state index contributed by atoms with van der Waals surface area (Å²) in [6.07, 6.45) is 3.94. The molecule has 7 nitrogen and oxygen atoms in total.